The lowest BCUT2D eigenvalue weighted by molar-refractivity contribution is -0.310. The summed E-state index contributed by atoms with van der Waals surface area (Å²) in [5, 5.41) is 12.3. The van der Waals surface area contributed by atoms with E-state index < -0.39 is 35.5 Å². The van der Waals surface area contributed by atoms with Crippen LogP contribution in [0.1, 0.15) is 18.9 Å². The van der Waals surface area contributed by atoms with Gasteiger partial charge in [-0.15, -0.1) is 13.2 Å². The summed E-state index contributed by atoms with van der Waals surface area (Å²) in [5.41, 5.74) is 4.85. The van der Waals surface area contributed by atoms with Crippen LogP contribution in [0.15, 0.2) is 66.1 Å². The number of morpholine rings is 1. The van der Waals surface area contributed by atoms with Crippen molar-refractivity contribution < 1.29 is 37.3 Å². The van der Waals surface area contributed by atoms with E-state index >= 15 is 0 Å². The summed E-state index contributed by atoms with van der Waals surface area (Å²) < 4.78 is 50.3. The topological polar surface area (TPSA) is 127 Å². The molecule has 4 N–H and O–H groups in total. The number of ether oxygens (including phenoxy) is 2. The molecule has 0 spiro atoms. The van der Waals surface area contributed by atoms with E-state index in [-0.39, 0.29) is 23.3 Å². The molecule has 1 fully saturated rings. The number of allylic oxidation sites excluding steroid dienone is 2. The number of carbonyl (C=O) groups excluding carboxylic acids is 2. The third kappa shape index (κ3) is 5.97. The number of phenolic OH excluding ortho intramolecular Hbond substituents is 1. The maximum Gasteiger partial charge on any atom is 0.572 e. The molecule has 202 valence electrons. The van der Waals surface area contributed by atoms with E-state index in [9.17, 15) is 27.9 Å². The van der Waals surface area contributed by atoms with Crippen LogP contribution in [0.2, 0.25) is 0 Å². The van der Waals surface area contributed by atoms with Gasteiger partial charge in [0.25, 0.3) is 0 Å². The molecule has 1 saturated heterocycles. The van der Waals surface area contributed by atoms with Gasteiger partial charge in [-0.25, -0.2) is 0 Å². The first kappa shape index (κ1) is 27.1. The van der Waals surface area contributed by atoms with Crippen LogP contribution in [-0.4, -0.2) is 65.5 Å². The fourth-order valence-corrected chi connectivity index (χ4v) is 4.48. The van der Waals surface area contributed by atoms with Gasteiger partial charge >= 0.3 is 6.36 Å². The molecule has 4 rings (SSSR count). The van der Waals surface area contributed by atoms with Gasteiger partial charge in [-0.2, -0.15) is 0 Å². The average molecular weight is 533 g/mol. The van der Waals surface area contributed by atoms with Crippen molar-refractivity contribution in [2.24, 2.45) is 5.73 Å². The maximum absolute atomic E-state index is 13.5. The number of aromatic nitrogens is 1. The number of alkyl halides is 3. The van der Waals surface area contributed by atoms with Crippen molar-refractivity contribution >= 4 is 11.8 Å². The number of nitrogens with zero attached hydrogens (tertiary/aromatic N) is 2. The molecule has 38 heavy (non-hydrogen) atoms. The molecular formula is C26H27F3N4O5. The molecule has 2 unspecified atom stereocenters. The molecule has 0 saturated carbocycles. The van der Waals surface area contributed by atoms with Gasteiger partial charge in [-0.3, -0.25) is 19.5 Å². The normalized spacial score (nSPS) is 21.2. The molecule has 1 aliphatic carbocycles. The number of carbonyl (C=O) groups is 2. The highest BCUT2D eigenvalue weighted by atomic mass is 19.4. The average Bonchev–Trinajstić information content (AvgIpc) is 2.89. The summed E-state index contributed by atoms with van der Waals surface area (Å²) in [6.45, 7) is 3.42. The van der Waals surface area contributed by atoms with Crippen LogP contribution in [0.3, 0.4) is 0 Å². The highest BCUT2D eigenvalue weighted by Gasteiger charge is 2.48. The van der Waals surface area contributed by atoms with Crippen LogP contribution in [0.25, 0.3) is 11.3 Å². The van der Waals surface area contributed by atoms with E-state index in [0.717, 1.165) is 12.2 Å². The minimum absolute atomic E-state index is 0.00135. The quantitative estimate of drug-likeness (QED) is 0.501. The van der Waals surface area contributed by atoms with Crippen molar-refractivity contribution in [1.29, 1.82) is 0 Å². The molecule has 9 nitrogen and oxygen atoms in total. The molecule has 1 aliphatic heterocycles. The number of aromatic hydroxyl groups is 1. The van der Waals surface area contributed by atoms with Crippen LogP contribution in [0.4, 0.5) is 13.2 Å². The second-order valence-electron chi connectivity index (χ2n) is 9.01. The molecule has 1 aromatic heterocycles. The van der Waals surface area contributed by atoms with Gasteiger partial charge in [0, 0.05) is 42.4 Å². The Balaban J connectivity index is 1.77. The fourth-order valence-electron chi connectivity index (χ4n) is 4.48. The Kier molecular flexibility index (Phi) is 7.74. The number of nitrogens with two attached hydrogens (primary N) is 1. The number of primary amides is 1. The Labute approximate surface area is 216 Å². The lowest BCUT2D eigenvalue weighted by Gasteiger charge is -2.41. The number of benzene rings is 1. The minimum Gasteiger partial charge on any atom is -0.508 e. The van der Waals surface area contributed by atoms with Gasteiger partial charge in [0.15, 0.2) is 0 Å². The highest BCUT2D eigenvalue weighted by Crippen LogP contribution is 2.42. The molecule has 2 atom stereocenters. The predicted molar refractivity (Wildman–Crippen MR) is 130 cm³/mol. The summed E-state index contributed by atoms with van der Waals surface area (Å²) in [4.78, 5) is 31.8. The first-order valence-corrected chi connectivity index (χ1v) is 11.9. The van der Waals surface area contributed by atoms with Gasteiger partial charge in [0.05, 0.1) is 24.9 Å². The Morgan fingerprint density at radius 2 is 1.84 bits per heavy atom. The van der Waals surface area contributed by atoms with Crippen molar-refractivity contribution in [3.63, 3.8) is 0 Å². The van der Waals surface area contributed by atoms with Gasteiger partial charge < -0.3 is 25.6 Å². The summed E-state index contributed by atoms with van der Waals surface area (Å²) >= 11 is 0. The number of hydrogen-bond donors (Lipinski definition) is 3. The van der Waals surface area contributed by atoms with Crippen molar-refractivity contribution in [3.05, 3.63) is 71.6 Å². The Hall–Kier alpha value is -3.90. The molecule has 2 heterocycles. The molecule has 2 aliphatic rings. The predicted octanol–water partition coefficient (Wildman–Crippen LogP) is 2.72. The molecule has 0 radical (unpaired) electrons. The SMILES string of the molecule is CC(C(=O)NC1(c2ccc(-c3ccc(O)cc3)nc2)CC(C(N)=O)=CC=C1OC(F)(F)F)N1CCOCC1. The number of amides is 2. The van der Waals surface area contributed by atoms with Crippen molar-refractivity contribution in [1.82, 2.24) is 15.2 Å². The molecule has 12 heteroatoms. The summed E-state index contributed by atoms with van der Waals surface area (Å²) in [5.74, 6) is -1.98. The fraction of sp³-hybridized carbons (Fsp3) is 0.346. The van der Waals surface area contributed by atoms with Gasteiger partial charge in [0.2, 0.25) is 11.8 Å². The number of hydrogen-bond acceptors (Lipinski definition) is 7. The van der Waals surface area contributed by atoms with Crippen LogP contribution < -0.4 is 11.1 Å². The molecule has 0 bridgehead atoms. The molecular weight excluding hydrogens is 505 g/mol. The van der Waals surface area contributed by atoms with E-state index in [1.807, 2.05) is 4.90 Å². The highest BCUT2D eigenvalue weighted by molar-refractivity contribution is 5.93. The first-order chi connectivity index (χ1) is 18.0. The van der Waals surface area contributed by atoms with E-state index in [1.54, 1.807) is 25.1 Å². The van der Waals surface area contributed by atoms with E-state index in [2.05, 4.69) is 15.0 Å². The van der Waals surface area contributed by atoms with Crippen molar-refractivity contribution in [3.8, 4) is 17.0 Å². The molecule has 2 aromatic rings. The third-order valence-corrected chi connectivity index (χ3v) is 6.58. The Bertz CT molecular complexity index is 1240. The van der Waals surface area contributed by atoms with Crippen LogP contribution in [0.5, 0.6) is 5.75 Å². The molecule has 1 aromatic carbocycles. The van der Waals surface area contributed by atoms with Crippen LogP contribution in [-0.2, 0) is 24.6 Å². The largest absolute Gasteiger partial charge is 0.572 e. The Morgan fingerprint density at radius 3 is 2.42 bits per heavy atom. The summed E-state index contributed by atoms with van der Waals surface area (Å²) in [6, 6.07) is 8.57. The lowest BCUT2D eigenvalue weighted by Crippen LogP contribution is -2.57. The Morgan fingerprint density at radius 1 is 1.16 bits per heavy atom. The summed E-state index contributed by atoms with van der Waals surface area (Å²) in [6.07, 6.45) is -2.00. The first-order valence-electron chi connectivity index (χ1n) is 11.9. The maximum atomic E-state index is 13.5. The van der Waals surface area contributed by atoms with Crippen LogP contribution in [0, 0.1) is 0 Å². The number of phenols is 1. The zero-order valence-electron chi connectivity index (χ0n) is 20.5. The molecule has 2 amide bonds. The lowest BCUT2D eigenvalue weighted by atomic mass is 9.78. The van der Waals surface area contributed by atoms with Crippen molar-refractivity contribution in [2.45, 2.75) is 31.3 Å². The number of rotatable bonds is 7. The number of halogens is 3. The minimum atomic E-state index is -5.07. The zero-order chi connectivity index (χ0) is 27.5. The standard InChI is InChI=1S/C26H27F3N4O5/c1-16(33-10-12-37-13-11-33)24(36)32-25(14-18(23(30)35)4-9-22(25)38-26(27,28)29)19-5-8-21(31-15-19)17-2-6-20(34)7-3-17/h2-9,15-16,34H,10-14H2,1H3,(H2,30,35)(H,32,36). The number of nitrogens with one attached hydrogen (secondary N) is 1. The van der Waals surface area contributed by atoms with Gasteiger partial charge in [-0.1, -0.05) is 12.1 Å². The van der Waals surface area contributed by atoms with Gasteiger partial charge in [-0.05, 0) is 43.3 Å². The second kappa shape index (κ2) is 10.8. The number of pyridine rings is 1. The zero-order valence-corrected chi connectivity index (χ0v) is 20.5. The van der Waals surface area contributed by atoms with E-state index in [0.29, 0.717) is 37.6 Å². The third-order valence-electron chi connectivity index (χ3n) is 6.58. The van der Waals surface area contributed by atoms with Crippen LogP contribution >= 0.6 is 0 Å². The smallest absolute Gasteiger partial charge is 0.508 e. The van der Waals surface area contributed by atoms with Gasteiger partial charge in [0.1, 0.15) is 17.0 Å². The monoisotopic (exact) mass is 532 g/mol. The van der Waals surface area contributed by atoms with Crippen molar-refractivity contribution in [2.75, 3.05) is 26.3 Å². The van der Waals surface area contributed by atoms with E-state index in [1.165, 1.54) is 24.4 Å². The second-order valence-corrected chi connectivity index (χ2v) is 9.01. The van der Waals surface area contributed by atoms with E-state index in [4.69, 9.17) is 10.5 Å². The summed E-state index contributed by atoms with van der Waals surface area (Å²) in [7, 11) is 0.